The molecule has 0 aliphatic rings. The van der Waals surface area contributed by atoms with Crippen LogP contribution in [0, 0.1) is 0 Å². The smallest absolute Gasteiger partial charge is 0.122 e. The highest BCUT2D eigenvalue weighted by Crippen LogP contribution is 2.29. The average Bonchev–Trinajstić information content (AvgIpc) is 2.25. The fraction of sp³-hybridized carbons (Fsp3) is 0.455. The molecule has 0 fully saturated rings. The molecule has 2 unspecified atom stereocenters. The largest absolute Gasteiger partial charge is 0.508 e. The molecule has 0 spiro atoms. The van der Waals surface area contributed by atoms with Crippen LogP contribution in [-0.4, -0.2) is 35.0 Å². The summed E-state index contributed by atoms with van der Waals surface area (Å²) in [7, 11) is 1.77. The molecular weight excluding hydrogens is 274 g/mol. The van der Waals surface area contributed by atoms with Crippen LogP contribution in [0.3, 0.4) is 0 Å². The fourth-order valence-corrected chi connectivity index (χ4v) is 1.77. The molecule has 1 aromatic rings. The predicted octanol–water partition coefficient (Wildman–Crippen LogP) is 1.16. The highest BCUT2D eigenvalue weighted by molar-refractivity contribution is 9.10. The zero-order valence-electron chi connectivity index (χ0n) is 9.02. The van der Waals surface area contributed by atoms with Gasteiger partial charge in [0.15, 0.2) is 0 Å². The molecule has 4 N–H and O–H groups in total. The Labute approximate surface area is 103 Å². The summed E-state index contributed by atoms with van der Waals surface area (Å²) >= 11 is 3.21. The Morgan fingerprint density at radius 3 is 2.62 bits per heavy atom. The maximum Gasteiger partial charge on any atom is 0.122 e. The molecule has 0 amide bonds. The van der Waals surface area contributed by atoms with E-state index < -0.39 is 12.2 Å². The van der Waals surface area contributed by atoms with Crippen molar-refractivity contribution in [2.45, 2.75) is 18.6 Å². The monoisotopic (exact) mass is 289 g/mol. The Morgan fingerprint density at radius 2 is 2.06 bits per heavy atom. The molecule has 0 saturated heterocycles. The number of aromatic hydroxyl groups is 1. The summed E-state index contributed by atoms with van der Waals surface area (Å²) < 4.78 is 0.727. The van der Waals surface area contributed by atoms with Crippen molar-refractivity contribution in [3.8, 4) is 5.75 Å². The number of halogens is 1. The molecule has 0 aliphatic carbocycles. The minimum absolute atomic E-state index is 0.0228. The molecule has 90 valence electrons. The van der Waals surface area contributed by atoms with E-state index in [2.05, 4.69) is 21.2 Å². The van der Waals surface area contributed by atoms with E-state index in [0.29, 0.717) is 18.5 Å². The predicted molar refractivity (Wildman–Crippen MR) is 65.3 cm³/mol. The van der Waals surface area contributed by atoms with Crippen LogP contribution in [0.4, 0.5) is 0 Å². The number of aliphatic hydroxyl groups excluding tert-OH is 2. The first-order chi connectivity index (χ1) is 7.56. The Bertz CT molecular complexity index is 346. The summed E-state index contributed by atoms with van der Waals surface area (Å²) in [4.78, 5) is 0. The molecule has 5 heteroatoms. The van der Waals surface area contributed by atoms with Gasteiger partial charge in [-0.15, -0.1) is 0 Å². The normalized spacial score (nSPS) is 14.8. The second kappa shape index (κ2) is 6.20. The van der Waals surface area contributed by atoms with Gasteiger partial charge < -0.3 is 20.6 Å². The number of benzene rings is 1. The number of hydrogen-bond acceptors (Lipinski definition) is 4. The SMILES string of the molecule is CNCCC(O)C(O)c1ccc(Br)cc1O. The van der Waals surface area contributed by atoms with Crippen molar-refractivity contribution in [2.24, 2.45) is 0 Å². The summed E-state index contributed by atoms with van der Waals surface area (Å²) in [5.41, 5.74) is 0.340. The van der Waals surface area contributed by atoms with Gasteiger partial charge in [0.1, 0.15) is 11.9 Å². The van der Waals surface area contributed by atoms with Crippen LogP contribution in [0.5, 0.6) is 5.75 Å². The standard InChI is InChI=1S/C11H16BrNO3/c1-13-5-4-9(14)11(16)8-3-2-7(12)6-10(8)15/h2-3,6,9,11,13-16H,4-5H2,1H3. The van der Waals surface area contributed by atoms with Crippen molar-refractivity contribution in [1.82, 2.24) is 5.32 Å². The molecule has 4 nitrogen and oxygen atoms in total. The minimum Gasteiger partial charge on any atom is -0.508 e. The van der Waals surface area contributed by atoms with Gasteiger partial charge in [0, 0.05) is 10.0 Å². The maximum absolute atomic E-state index is 9.83. The highest BCUT2D eigenvalue weighted by Gasteiger charge is 2.20. The lowest BCUT2D eigenvalue weighted by Crippen LogP contribution is -2.23. The molecule has 1 aromatic carbocycles. The van der Waals surface area contributed by atoms with Crippen LogP contribution in [0.25, 0.3) is 0 Å². The number of phenolic OH excluding ortho intramolecular Hbond substituents is 1. The van der Waals surface area contributed by atoms with Gasteiger partial charge in [0.05, 0.1) is 6.10 Å². The van der Waals surface area contributed by atoms with Crippen molar-refractivity contribution in [2.75, 3.05) is 13.6 Å². The van der Waals surface area contributed by atoms with Crippen LogP contribution < -0.4 is 5.32 Å². The molecule has 0 radical (unpaired) electrons. The summed E-state index contributed by atoms with van der Waals surface area (Å²) in [6.07, 6.45) is -1.53. The van der Waals surface area contributed by atoms with E-state index in [0.717, 1.165) is 4.47 Å². The lowest BCUT2D eigenvalue weighted by atomic mass is 10.0. The van der Waals surface area contributed by atoms with E-state index in [4.69, 9.17) is 0 Å². The topological polar surface area (TPSA) is 72.7 Å². The lowest BCUT2D eigenvalue weighted by molar-refractivity contribution is 0.0127. The van der Waals surface area contributed by atoms with E-state index in [-0.39, 0.29) is 5.75 Å². The Kier molecular flexibility index (Phi) is 5.21. The van der Waals surface area contributed by atoms with Crippen LogP contribution in [0.1, 0.15) is 18.1 Å². The summed E-state index contributed by atoms with van der Waals surface area (Å²) in [5.74, 6) is -0.0228. The van der Waals surface area contributed by atoms with Gasteiger partial charge in [-0.3, -0.25) is 0 Å². The molecule has 0 aromatic heterocycles. The van der Waals surface area contributed by atoms with E-state index in [1.807, 2.05) is 0 Å². The third-order valence-corrected chi connectivity index (χ3v) is 2.86. The van der Waals surface area contributed by atoms with E-state index in [9.17, 15) is 15.3 Å². The van der Waals surface area contributed by atoms with E-state index in [1.165, 1.54) is 6.07 Å². The maximum atomic E-state index is 9.83. The number of aliphatic hydroxyl groups is 2. The van der Waals surface area contributed by atoms with Crippen molar-refractivity contribution >= 4 is 15.9 Å². The molecule has 1 rings (SSSR count). The first-order valence-electron chi connectivity index (χ1n) is 5.05. The zero-order valence-corrected chi connectivity index (χ0v) is 10.6. The summed E-state index contributed by atoms with van der Waals surface area (Å²) in [6, 6.07) is 4.79. The van der Waals surface area contributed by atoms with Crippen LogP contribution in [-0.2, 0) is 0 Å². The molecule has 0 saturated carbocycles. The molecule has 0 aliphatic heterocycles. The number of phenols is 1. The van der Waals surface area contributed by atoms with Crippen molar-refractivity contribution in [3.63, 3.8) is 0 Å². The van der Waals surface area contributed by atoms with Crippen molar-refractivity contribution < 1.29 is 15.3 Å². The molecule has 16 heavy (non-hydrogen) atoms. The number of rotatable bonds is 5. The number of nitrogens with one attached hydrogen (secondary N) is 1. The molecule has 0 bridgehead atoms. The quantitative estimate of drug-likeness (QED) is 0.656. The van der Waals surface area contributed by atoms with Gasteiger partial charge in [0.2, 0.25) is 0 Å². The van der Waals surface area contributed by atoms with Gasteiger partial charge >= 0.3 is 0 Å². The zero-order chi connectivity index (χ0) is 12.1. The molecule has 2 atom stereocenters. The van der Waals surface area contributed by atoms with E-state index >= 15 is 0 Å². The molecular formula is C11H16BrNO3. The second-order valence-corrected chi connectivity index (χ2v) is 4.52. The first-order valence-corrected chi connectivity index (χ1v) is 5.84. The van der Waals surface area contributed by atoms with Crippen LogP contribution >= 0.6 is 15.9 Å². The number of hydrogen-bond donors (Lipinski definition) is 4. The summed E-state index contributed by atoms with van der Waals surface area (Å²) in [6.45, 7) is 0.607. The third-order valence-electron chi connectivity index (χ3n) is 2.37. The molecule has 0 heterocycles. The lowest BCUT2D eigenvalue weighted by Gasteiger charge is -2.19. The van der Waals surface area contributed by atoms with Gasteiger partial charge in [-0.2, -0.15) is 0 Å². The van der Waals surface area contributed by atoms with Crippen molar-refractivity contribution in [3.05, 3.63) is 28.2 Å². The van der Waals surface area contributed by atoms with Gasteiger partial charge in [0.25, 0.3) is 0 Å². The second-order valence-electron chi connectivity index (χ2n) is 3.61. The highest BCUT2D eigenvalue weighted by atomic mass is 79.9. The fourth-order valence-electron chi connectivity index (χ4n) is 1.42. The third kappa shape index (κ3) is 3.45. The van der Waals surface area contributed by atoms with Gasteiger partial charge in [-0.05, 0) is 32.1 Å². The van der Waals surface area contributed by atoms with Gasteiger partial charge in [-0.25, -0.2) is 0 Å². The van der Waals surface area contributed by atoms with E-state index in [1.54, 1.807) is 19.2 Å². The van der Waals surface area contributed by atoms with Crippen molar-refractivity contribution in [1.29, 1.82) is 0 Å². The van der Waals surface area contributed by atoms with Crippen LogP contribution in [0.2, 0.25) is 0 Å². The summed E-state index contributed by atoms with van der Waals surface area (Å²) in [5, 5.41) is 32.0. The minimum atomic E-state index is -1.07. The van der Waals surface area contributed by atoms with Crippen LogP contribution in [0.15, 0.2) is 22.7 Å². The van der Waals surface area contributed by atoms with Gasteiger partial charge in [-0.1, -0.05) is 22.0 Å². The average molecular weight is 290 g/mol. The Hall–Kier alpha value is -0.620. The Balaban J connectivity index is 2.75. The first kappa shape index (κ1) is 13.4. The Morgan fingerprint density at radius 1 is 1.38 bits per heavy atom.